The fraction of sp³-hybridized carbons (Fsp3) is 0.280. The second kappa shape index (κ2) is 8.52. The quantitative estimate of drug-likeness (QED) is 0.427. The molecule has 2 atom stereocenters. The molecule has 0 radical (unpaired) electrons. The SMILES string of the molecule is CC1CC(C)CN(S(=O)(=O)c2ccc(C(=O)Nc3nc4c(ccc5ccccc54)s3)cc2)C1. The number of carbonyl (C=O) groups excluding carboxylic acids is 1. The lowest BCUT2D eigenvalue weighted by Gasteiger charge is -2.34. The predicted octanol–water partition coefficient (Wildman–Crippen LogP) is 5.37. The van der Waals surface area contributed by atoms with Gasteiger partial charge < -0.3 is 0 Å². The molecule has 3 aromatic carbocycles. The van der Waals surface area contributed by atoms with Gasteiger partial charge in [-0.05, 0) is 54.0 Å². The maximum absolute atomic E-state index is 13.1. The largest absolute Gasteiger partial charge is 0.298 e. The van der Waals surface area contributed by atoms with Crippen LogP contribution in [0.3, 0.4) is 0 Å². The second-order valence-corrected chi connectivity index (χ2v) is 11.9. The first-order valence-electron chi connectivity index (χ1n) is 11.0. The molecule has 1 amide bonds. The minimum absolute atomic E-state index is 0.215. The smallest absolute Gasteiger partial charge is 0.257 e. The Morgan fingerprint density at radius 1 is 1.00 bits per heavy atom. The molecule has 6 nitrogen and oxygen atoms in total. The van der Waals surface area contributed by atoms with Gasteiger partial charge in [-0.2, -0.15) is 4.31 Å². The van der Waals surface area contributed by atoms with Crippen LogP contribution in [0.25, 0.3) is 21.0 Å². The second-order valence-electron chi connectivity index (χ2n) is 8.90. The van der Waals surface area contributed by atoms with Gasteiger partial charge in [0.05, 0.1) is 15.1 Å². The zero-order valence-corrected chi connectivity index (χ0v) is 20.1. The molecule has 170 valence electrons. The van der Waals surface area contributed by atoms with Crippen molar-refractivity contribution in [2.75, 3.05) is 18.4 Å². The number of rotatable bonds is 4. The van der Waals surface area contributed by atoms with E-state index in [1.54, 1.807) is 16.4 Å². The highest BCUT2D eigenvalue weighted by Crippen LogP contribution is 2.32. The normalized spacial score (nSPS) is 19.7. The number of carbonyl (C=O) groups is 1. The Balaban J connectivity index is 1.35. The summed E-state index contributed by atoms with van der Waals surface area (Å²) in [5.74, 6) is 0.349. The standard InChI is InChI=1S/C25H25N3O3S2/c1-16-13-17(2)15-28(14-16)33(30,31)20-10-7-19(8-11-20)24(29)27-25-26-23-21-6-4-3-5-18(21)9-12-22(23)32-25/h3-12,16-17H,13-15H2,1-2H3,(H,26,27,29). The van der Waals surface area contributed by atoms with Crippen LogP contribution < -0.4 is 5.32 Å². The molecular weight excluding hydrogens is 454 g/mol. The van der Waals surface area contributed by atoms with Crippen LogP contribution in [0.15, 0.2) is 65.6 Å². The number of nitrogens with zero attached hydrogens (tertiary/aromatic N) is 2. The molecule has 1 saturated heterocycles. The van der Waals surface area contributed by atoms with Gasteiger partial charge in [0.2, 0.25) is 10.0 Å². The summed E-state index contributed by atoms with van der Waals surface area (Å²) in [6, 6.07) is 18.2. The number of aromatic nitrogens is 1. The molecule has 2 unspecified atom stereocenters. The summed E-state index contributed by atoms with van der Waals surface area (Å²) in [5, 5.41) is 5.51. The maximum Gasteiger partial charge on any atom is 0.257 e. The molecule has 2 heterocycles. The van der Waals surface area contributed by atoms with Gasteiger partial charge in [0.1, 0.15) is 0 Å². The van der Waals surface area contributed by atoms with E-state index in [-0.39, 0.29) is 10.8 Å². The zero-order valence-electron chi connectivity index (χ0n) is 18.5. The third-order valence-electron chi connectivity index (χ3n) is 6.09. The van der Waals surface area contributed by atoms with Gasteiger partial charge in [0.15, 0.2) is 5.13 Å². The van der Waals surface area contributed by atoms with Gasteiger partial charge in [-0.25, -0.2) is 13.4 Å². The molecule has 4 aromatic rings. The molecule has 5 rings (SSSR count). The van der Waals surface area contributed by atoms with Crippen LogP contribution in [0.5, 0.6) is 0 Å². The van der Waals surface area contributed by atoms with Gasteiger partial charge in [-0.1, -0.05) is 55.5 Å². The summed E-state index contributed by atoms with van der Waals surface area (Å²) in [6.07, 6.45) is 1.03. The van der Waals surface area contributed by atoms with Crippen LogP contribution in [0.2, 0.25) is 0 Å². The molecule has 1 fully saturated rings. The lowest BCUT2D eigenvalue weighted by Crippen LogP contribution is -2.42. The summed E-state index contributed by atoms with van der Waals surface area (Å²) < 4.78 is 28.7. The highest BCUT2D eigenvalue weighted by molar-refractivity contribution is 7.89. The summed E-state index contributed by atoms with van der Waals surface area (Å²) in [4.78, 5) is 17.6. The molecule has 0 bridgehead atoms. The van der Waals surface area contributed by atoms with Crippen molar-refractivity contribution < 1.29 is 13.2 Å². The number of hydrogen-bond acceptors (Lipinski definition) is 5. The van der Waals surface area contributed by atoms with E-state index < -0.39 is 10.0 Å². The summed E-state index contributed by atoms with van der Waals surface area (Å²) in [5.41, 5.74) is 1.25. The Hall–Kier alpha value is -2.81. The van der Waals surface area contributed by atoms with E-state index in [1.807, 2.05) is 36.4 Å². The van der Waals surface area contributed by atoms with Crippen molar-refractivity contribution in [2.24, 2.45) is 11.8 Å². The topological polar surface area (TPSA) is 79.4 Å². The van der Waals surface area contributed by atoms with Crippen molar-refractivity contribution in [3.63, 3.8) is 0 Å². The van der Waals surface area contributed by atoms with Crippen LogP contribution in [-0.4, -0.2) is 36.7 Å². The highest BCUT2D eigenvalue weighted by atomic mass is 32.2. The Labute approximate surface area is 197 Å². The number of anilines is 1. The molecule has 0 aliphatic carbocycles. The Morgan fingerprint density at radius 3 is 2.42 bits per heavy atom. The van der Waals surface area contributed by atoms with E-state index in [9.17, 15) is 13.2 Å². The maximum atomic E-state index is 13.1. The number of fused-ring (bicyclic) bond motifs is 3. The summed E-state index contributed by atoms with van der Waals surface area (Å²) in [6.45, 7) is 5.22. The van der Waals surface area contributed by atoms with E-state index in [0.29, 0.717) is 35.6 Å². The fourth-order valence-electron chi connectivity index (χ4n) is 4.61. The van der Waals surface area contributed by atoms with Crippen LogP contribution in [-0.2, 0) is 10.0 Å². The monoisotopic (exact) mass is 479 g/mol. The van der Waals surface area contributed by atoms with Gasteiger partial charge in [0.25, 0.3) is 5.91 Å². The molecule has 1 N–H and O–H groups in total. The molecule has 0 saturated carbocycles. The van der Waals surface area contributed by atoms with E-state index in [1.165, 1.54) is 23.5 Å². The van der Waals surface area contributed by atoms with Crippen molar-refractivity contribution in [2.45, 2.75) is 25.2 Å². The minimum atomic E-state index is -3.58. The van der Waals surface area contributed by atoms with Gasteiger partial charge >= 0.3 is 0 Å². The average molecular weight is 480 g/mol. The number of thiazole rings is 1. The lowest BCUT2D eigenvalue weighted by molar-refractivity contribution is 0.102. The number of piperidine rings is 1. The molecule has 1 aromatic heterocycles. The van der Waals surface area contributed by atoms with E-state index in [2.05, 4.69) is 24.1 Å². The van der Waals surface area contributed by atoms with Crippen LogP contribution in [0, 0.1) is 11.8 Å². The lowest BCUT2D eigenvalue weighted by atomic mass is 9.94. The summed E-state index contributed by atoms with van der Waals surface area (Å²) in [7, 11) is -3.58. The first kappa shape index (κ1) is 22.0. The van der Waals surface area contributed by atoms with Crippen molar-refractivity contribution in [1.82, 2.24) is 9.29 Å². The van der Waals surface area contributed by atoms with Crippen molar-refractivity contribution in [3.8, 4) is 0 Å². The highest BCUT2D eigenvalue weighted by Gasteiger charge is 2.31. The van der Waals surface area contributed by atoms with Gasteiger partial charge in [0, 0.05) is 24.0 Å². The molecule has 0 spiro atoms. The number of sulfonamides is 1. The molecule has 1 aliphatic rings. The van der Waals surface area contributed by atoms with E-state index >= 15 is 0 Å². The third-order valence-corrected chi connectivity index (χ3v) is 8.88. The van der Waals surface area contributed by atoms with E-state index in [4.69, 9.17) is 0 Å². The first-order valence-corrected chi connectivity index (χ1v) is 13.3. The van der Waals surface area contributed by atoms with Crippen LogP contribution >= 0.6 is 11.3 Å². The predicted molar refractivity (Wildman–Crippen MR) is 133 cm³/mol. The number of nitrogens with one attached hydrogen (secondary N) is 1. The average Bonchev–Trinajstić information content (AvgIpc) is 3.21. The third kappa shape index (κ3) is 4.26. The Bertz CT molecular complexity index is 1440. The molecule has 1 aliphatic heterocycles. The number of benzene rings is 3. The van der Waals surface area contributed by atoms with Crippen molar-refractivity contribution >= 4 is 53.4 Å². The van der Waals surface area contributed by atoms with Crippen molar-refractivity contribution in [3.05, 3.63) is 66.2 Å². The molecular formula is C25H25N3O3S2. The van der Waals surface area contributed by atoms with E-state index in [0.717, 1.165) is 27.4 Å². The molecule has 8 heteroatoms. The van der Waals surface area contributed by atoms with Crippen LogP contribution in [0.4, 0.5) is 5.13 Å². The number of hydrogen-bond donors (Lipinski definition) is 1. The minimum Gasteiger partial charge on any atom is -0.298 e. The fourth-order valence-corrected chi connectivity index (χ4v) is 7.17. The molecule has 33 heavy (non-hydrogen) atoms. The van der Waals surface area contributed by atoms with Crippen molar-refractivity contribution in [1.29, 1.82) is 0 Å². The van der Waals surface area contributed by atoms with Gasteiger partial charge in [-0.3, -0.25) is 10.1 Å². The van der Waals surface area contributed by atoms with Gasteiger partial charge in [-0.15, -0.1) is 0 Å². The Kier molecular flexibility index (Phi) is 5.68. The first-order chi connectivity index (χ1) is 15.8. The summed E-state index contributed by atoms with van der Waals surface area (Å²) >= 11 is 1.42. The van der Waals surface area contributed by atoms with Crippen LogP contribution in [0.1, 0.15) is 30.6 Å². The Morgan fingerprint density at radius 2 is 1.70 bits per heavy atom. The number of amides is 1. The zero-order chi connectivity index (χ0) is 23.2.